The molecule has 2 N–H and O–H groups in total. The molecule has 0 aromatic heterocycles. The molecular weight excluding hydrogens is 603 g/mol. The van der Waals surface area contributed by atoms with E-state index in [1.807, 2.05) is 12.1 Å². The third kappa shape index (κ3) is 10.1. The monoisotopic (exact) mass is 623 g/mol. The van der Waals surface area contributed by atoms with E-state index in [1.54, 1.807) is 66.7 Å². The van der Waals surface area contributed by atoms with Gasteiger partial charge < -0.3 is 10.2 Å². The van der Waals surface area contributed by atoms with Crippen LogP contribution in [0.4, 0.5) is 5.69 Å². The quantitative estimate of drug-likeness (QED) is 0.118. The van der Waals surface area contributed by atoms with Crippen LogP contribution in [-0.4, -0.2) is 27.1 Å². The molecule has 4 rings (SSSR count). The molecule has 0 atom stereocenters. The van der Waals surface area contributed by atoms with E-state index in [-0.39, 0.29) is 40.9 Å². The summed E-state index contributed by atoms with van der Waals surface area (Å²) in [6.07, 6.45) is 0. The third-order valence-electron chi connectivity index (χ3n) is 5.17. The minimum Gasteiger partial charge on any atom is -0.478 e. The van der Waals surface area contributed by atoms with E-state index in [1.165, 1.54) is 36.0 Å². The van der Waals surface area contributed by atoms with E-state index in [0.29, 0.717) is 20.2 Å². The van der Waals surface area contributed by atoms with Crippen molar-refractivity contribution >= 4 is 42.0 Å². The van der Waals surface area contributed by atoms with Crippen molar-refractivity contribution in [2.75, 3.05) is 0 Å². The minimum absolute atomic E-state index is 0. The largest absolute Gasteiger partial charge is 0.478 e. The van der Waals surface area contributed by atoms with Crippen molar-refractivity contribution in [1.29, 1.82) is 21.0 Å². The average molecular weight is 624 g/mol. The molecule has 0 amide bonds. The highest BCUT2D eigenvalue weighted by Crippen LogP contribution is 2.31. The van der Waals surface area contributed by atoms with Gasteiger partial charge in [0.1, 0.15) is 24.3 Å². The number of thiol groups is 1. The third-order valence-corrected chi connectivity index (χ3v) is 6.62. The van der Waals surface area contributed by atoms with Crippen LogP contribution in [0.15, 0.2) is 99.6 Å². The Morgan fingerprint density at radius 1 is 0.705 bits per heavy atom. The van der Waals surface area contributed by atoms with Crippen molar-refractivity contribution < 1.29 is 24.7 Å². The lowest BCUT2D eigenvalue weighted by atomic mass is 10.1. The SMILES string of the molecule is C.N#Cc1ccc(Sc2ccccc2C(=O)O)cc1C#N.N#Cc1ccc([N+](=O)[O-])cc1C#N.O=C(O)c1ccccc1S. The summed E-state index contributed by atoms with van der Waals surface area (Å²) in [5.41, 5.74) is 1.03. The van der Waals surface area contributed by atoms with Crippen LogP contribution in [0.1, 0.15) is 50.4 Å². The molecule has 0 radical (unpaired) electrons. The second-order valence-corrected chi connectivity index (χ2v) is 9.46. The van der Waals surface area contributed by atoms with E-state index >= 15 is 0 Å². The van der Waals surface area contributed by atoms with Crippen LogP contribution in [0, 0.1) is 55.4 Å². The second kappa shape index (κ2) is 17.6. The summed E-state index contributed by atoms with van der Waals surface area (Å²) in [6.45, 7) is 0. The predicted octanol–water partition coefficient (Wildman–Crippen LogP) is 6.93. The number of carboxylic acid groups (broad SMARTS) is 2. The zero-order valence-corrected chi connectivity index (χ0v) is 23.4. The van der Waals surface area contributed by atoms with Crippen molar-refractivity contribution in [3.05, 3.63) is 128 Å². The molecule has 0 unspecified atom stereocenters. The minimum atomic E-state index is -0.998. The summed E-state index contributed by atoms with van der Waals surface area (Å²) in [7, 11) is 0. The van der Waals surface area contributed by atoms with Crippen LogP contribution in [0.25, 0.3) is 0 Å². The number of aromatic carboxylic acids is 2. The Bertz CT molecular complexity index is 1870. The number of benzene rings is 4. The Morgan fingerprint density at radius 2 is 1.18 bits per heavy atom. The molecule has 0 aliphatic carbocycles. The van der Waals surface area contributed by atoms with Crippen LogP contribution < -0.4 is 0 Å². The van der Waals surface area contributed by atoms with Crippen LogP contribution in [-0.2, 0) is 0 Å². The van der Waals surface area contributed by atoms with E-state index < -0.39 is 16.9 Å². The van der Waals surface area contributed by atoms with Gasteiger partial charge in [-0.15, -0.1) is 12.6 Å². The second-order valence-electron chi connectivity index (χ2n) is 7.87. The van der Waals surface area contributed by atoms with Crippen molar-refractivity contribution in [3.63, 3.8) is 0 Å². The summed E-state index contributed by atoms with van der Waals surface area (Å²) >= 11 is 5.21. The van der Waals surface area contributed by atoms with Gasteiger partial charge in [0.25, 0.3) is 5.69 Å². The molecule has 0 saturated carbocycles. The summed E-state index contributed by atoms with van der Waals surface area (Å²) in [6, 6.07) is 29.0. The van der Waals surface area contributed by atoms with Crippen LogP contribution in [0.5, 0.6) is 0 Å². The van der Waals surface area contributed by atoms with Gasteiger partial charge in [-0.25, -0.2) is 9.59 Å². The lowest BCUT2D eigenvalue weighted by Gasteiger charge is -2.06. The predicted molar refractivity (Wildman–Crippen MR) is 163 cm³/mol. The van der Waals surface area contributed by atoms with Crippen molar-refractivity contribution in [2.45, 2.75) is 22.1 Å². The molecule has 4 aromatic rings. The summed E-state index contributed by atoms with van der Waals surface area (Å²) in [4.78, 5) is 33.0. The molecule has 0 fully saturated rings. The first-order chi connectivity index (χ1) is 20.6. The first-order valence-electron chi connectivity index (χ1n) is 11.6. The fraction of sp³-hybridized carbons (Fsp3) is 0.0323. The number of nitro groups is 1. The Balaban J connectivity index is 0.000000349. The van der Waals surface area contributed by atoms with Crippen LogP contribution in [0.2, 0.25) is 0 Å². The topological polar surface area (TPSA) is 213 Å². The number of carboxylic acids is 2. The summed E-state index contributed by atoms with van der Waals surface area (Å²) in [5, 5.41) is 62.8. The first-order valence-corrected chi connectivity index (χ1v) is 12.9. The molecule has 218 valence electrons. The van der Waals surface area contributed by atoms with Gasteiger partial charge in [-0.1, -0.05) is 43.5 Å². The zero-order valence-electron chi connectivity index (χ0n) is 21.7. The highest BCUT2D eigenvalue weighted by molar-refractivity contribution is 7.99. The molecule has 11 nitrogen and oxygen atoms in total. The van der Waals surface area contributed by atoms with Crippen molar-refractivity contribution in [2.24, 2.45) is 0 Å². The smallest absolute Gasteiger partial charge is 0.336 e. The van der Waals surface area contributed by atoms with Gasteiger partial charge in [0.2, 0.25) is 0 Å². The first kappa shape index (κ1) is 35.9. The highest BCUT2D eigenvalue weighted by atomic mass is 32.2. The van der Waals surface area contributed by atoms with Crippen LogP contribution in [0.3, 0.4) is 0 Å². The number of hydrogen-bond acceptors (Lipinski definition) is 10. The van der Waals surface area contributed by atoms with E-state index in [4.69, 9.17) is 31.3 Å². The average Bonchev–Trinajstić information content (AvgIpc) is 3.01. The van der Waals surface area contributed by atoms with Crippen LogP contribution >= 0.6 is 24.4 Å². The number of non-ortho nitro benzene ring substituents is 1. The van der Waals surface area contributed by atoms with Gasteiger partial charge in [0.15, 0.2) is 0 Å². The lowest BCUT2D eigenvalue weighted by molar-refractivity contribution is -0.384. The number of hydrogen-bond donors (Lipinski definition) is 3. The Morgan fingerprint density at radius 3 is 1.66 bits per heavy atom. The van der Waals surface area contributed by atoms with Gasteiger partial charge in [0, 0.05) is 26.8 Å². The molecule has 0 bridgehead atoms. The lowest BCUT2D eigenvalue weighted by Crippen LogP contribution is -1.98. The molecule has 13 heteroatoms. The summed E-state index contributed by atoms with van der Waals surface area (Å²) < 4.78 is 0. The molecule has 0 saturated heterocycles. The van der Waals surface area contributed by atoms with Gasteiger partial charge >= 0.3 is 11.9 Å². The molecule has 4 aromatic carbocycles. The zero-order chi connectivity index (χ0) is 31.9. The van der Waals surface area contributed by atoms with Gasteiger partial charge in [-0.05, 0) is 48.5 Å². The molecule has 0 heterocycles. The number of nitriles is 4. The fourth-order valence-corrected chi connectivity index (χ4v) is 4.36. The Hall–Kier alpha value is -6.12. The maximum absolute atomic E-state index is 11.1. The Kier molecular flexibility index (Phi) is 14.4. The standard InChI is InChI=1S/C15H8N2O2S.C8H3N3O2.C7H6O2S.CH4/c16-8-10-5-6-12(7-11(10)9-17)20-14-4-2-1-3-13(14)15(18)19;9-4-6-1-2-8(11(12)13)3-7(6)5-10;8-7(9)5-3-1-2-4-6(5)10;/h1-7H,(H,18,19);1-3H;1-4,10H,(H,8,9);1H4. The van der Waals surface area contributed by atoms with Gasteiger partial charge in [-0.2, -0.15) is 21.0 Å². The van der Waals surface area contributed by atoms with Crippen molar-refractivity contribution in [1.82, 2.24) is 0 Å². The molecule has 0 aliphatic rings. The normalized spacial score (nSPS) is 8.93. The number of nitro benzene ring substituents is 1. The molecular formula is C31H21N5O6S2. The maximum Gasteiger partial charge on any atom is 0.336 e. The summed E-state index contributed by atoms with van der Waals surface area (Å²) in [5.74, 6) is -1.94. The number of rotatable bonds is 5. The van der Waals surface area contributed by atoms with Gasteiger partial charge in [-0.3, -0.25) is 10.1 Å². The molecule has 44 heavy (non-hydrogen) atoms. The molecule has 0 spiro atoms. The van der Waals surface area contributed by atoms with Gasteiger partial charge in [0.05, 0.1) is 38.3 Å². The Labute approximate surface area is 262 Å². The number of carbonyl (C=O) groups is 2. The van der Waals surface area contributed by atoms with E-state index in [9.17, 15) is 19.7 Å². The number of nitrogens with zero attached hydrogens (tertiary/aromatic N) is 5. The maximum atomic E-state index is 11.1. The molecule has 0 aliphatic heterocycles. The van der Waals surface area contributed by atoms with E-state index in [0.717, 1.165) is 6.07 Å². The highest BCUT2D eigenvalue weighted by Gasteiger charge is 2.12. The fourth-order valence-electron chi connectivity index (χ4n) is 3.13. The van der Waals surface area contributed by atoms with Crippen molar-refractivity contribution in [3.8, 4) is 24.3 Å². The van der Waals surface area contributed by atoms with E-state index in [2.05, 4.69) is 12.6 Å².